The number of hydrogen-bond acceptors (Lipinski definition) is 5. The van der Waals surface area contributed by atoms with Crippen molar-refractivity contribution in [3.05, 3.63) is 60.2 Å². The summed E-state index contributed by atoms with van der Waals surface area (Å²) in [6, 6.07) is 18.4. The highest BCUT2D eigenvalue weighted by Crippen LogP contribution is 2.28. The molecule has 7 heteroatoms. The fourth-order valence-corrected chi connectivity index (χ4v) is 3.73. The lowest BCUT2D eigenvalue weighted by atomic mass is 10.1. The van der Waals surface area contributed by atoms with Crippen molar-refractivity contribution < 1.29 is 9.53 Å². The maximum Gasteiger partial charge on any atom is 0.220 e. The zero-order valence-corrected chi connectivity index (χ0v) is 17.6. The van der Waals surface area contributed by atoms with Crippen LogP contribution in [0.15, 0.2) is 59.8 Å². The van der Waals surface area contributed by atoms with Crippen molar-refractivity contribution in [2.24, 2.45) is 0 Å². The van der Waals surface area contributed by atoms with E-state index in [1.54, 1.807) is 18.9 Å². The molecule has 6 nitrogen and oxygen atoms in total. The Bertz CT molecular complexity index is 910. The Morgan fingerprint density at radius 3 is 2.59 bits per heavy atom. The number of carbonyl (C=O) groups is 1. The first-order valence-corrected chi connectivity index (χ1v) is 10.6. The fraction of sp³-hybridized carbons (Fsp3) is 0.318. The molecular weight excluding hydrogens is 384 g/mol. The van der Waals surface area contributed by atoms with Gasteiger partial charge in [0.2, 0.25) is 5.91 Å². The van der Waals surface area contributed by atoms with Crippen LogP contribution >= 0.6 is 11.8 Å². The monoisotopic (exact) mass is 410 g/mol. The first-order chi connectivity index (χ1) is 14.2. The molecule has 1 N–H and O–H groups in total. The molecule has 3 rings (SSSR count). The van der Waals surface area contributed by atoms with E-state index >= 15 is 0 Å². The Kier molecular flexibility index (Phi) is 7.84. The van der Waals surface area contributed by atoms with Gasteiger partial charge in [-0.15, -0.1) is 10.2 Å². The summed E-state index contributed by atoms with van der Waals surface area (Å²) < 4.78 is 7.02. The second kappa shape index (κ2) is 10.8. The minimum absolute atomic E-state index is 0.0486. The molecule has 0 aliphatic rings. The fourth-order valence-electron chi connectivity index (χ4n) is 2.84. The molecule has 3 aromatic rings. The molecule has 1 aromatic heterocycles. The molecule has 0 radical (unpaired) electrons. The number of aromatic nitrogens is 3. The summed E-state index contributed by atoms with van der Waals surface area (Å²) in [6.45, 7) is 3.14. The summed E-state index contributed by atoms with van der Waals surface area (Å²) in [6.07, 6.45) is 1.26. The lowest BCUT2D eigenvalue weighted by molar-refractivity contribution is -0.121. The Hall–Kier alpha value is -2.64. The van der Waals surface area contributed by atoms with Gasteiger partial charge < -0.3 is 10.1 Å². The number of nitrogens with one attached hydrogen (secondary N) is 1. The SMILES string of the molecule is COCCNC(=O)CCCSc1nnc(-c2ccc(C)cc2)n1-c1ccccc1. The van der Waals surface area contributed by atoms with E-state index < -0.39 is 0 Å². The van der Waals surface area contributed by atoms with Gasteiger partial charge in [-0.3, -0.25) is 9.36 Å². The number of ether oxygens (including phenoxy) is 1. The second-order valence-corrected chi connectivity index (χ2v) is 7.70. The first-order valence-electron chi connectivity index (χ1n) is 9.65. The van der Waals surface area contributed by atoms with E-state index in [4.69, 9.17) is 4.74 Å². The van der Waals surface area contributed by atoms with E-state index in [2.05, 4.69) is 51.3 Å². The maximum atomic E-state index is 11.8. The number of nitrogens with zero attached hydrogens (tertiary/aromatic N) is 3. The molecule has 0 spiro atoms. The third kappa shape index (κ3) is 5.92. The second-order valence-electron chi connectivity index (χ2n) is 6.64. The highest BCUT2D eigenvalue weighted by atomic mass is 32.2. The zero-order valence-electron chi connectivity index (χ0n) is 16.8. The molecule has 1 amide bonds. The van der Waals surface area contributed by atoms with Crippen molar-refractivity contribution in [1.82, 2.24) is 20.1 Å². The van der Waals surface area contributed by atoms with Crippen LogP contribution in [-0.2, 0) is 9.53 Å². The van der Waals surface area contributed by atoms with Crippen LogP contribution in [0.1, 0.15) is 18.4 Å². The number of benzene rings is 2. The molecule has 0 fully saturated rings. The van der Waals surface area contributed by atoms with Crippen molar-refractivity contribution in [2.75, 3.05) is 26.0 Å². The van der Waals surface area contributed by atoms with E-state index in [1.807, 2.05) is 30.3 Å². The molecule has 0 bridgehead atoms. The van der Waals surface area contributed by atoms with Crippen molar-refractivity contribution in [3.8, 4) is 17.1 Å². The summed E-state index contributed by atoms with van der Waals surface area (Å²) >= 11 is 1.62. The summed E-state index contributed by atoms with van der Waals surface area (Å²) in [5, 5.41) is 12.6. The van der Waals surface area contributed by atoms with Crippen LogP contribution in [-0.4, -0.2) is 46.7 Å². The van der Waals surface area contributed by atoms with Crippen molar-refractivity contribution in [3.63, 3.8) is 0 Å². The normalized spacial score (nSPS) is 10.8. The Balaban J connectivity index is 1.70. The largest absolute Gasteiger partial charge is 0.383 e. The van der Waals surface area contributed by atoms with Gasteiger partial charge >= 0.3 is 0 Å². The smallest absolute Gasteiger partial charge is 0.220 e. The predicted molar refractivity (Wildman–Crippen MR) is 116 cm³/mol. The van der Waals surface area contributed by atoms with E-state index in [1.165, 1.54) is 5.56 Å². The van der Waals surface area contributed by atoms with Gasteiger partial charge in [-0.2, -0.15) is 0 Å². The van der Waals surface area contributed by atoms with Crippen molar-refractivity contribution >= 4 is 17.7 Å². The topological polar surface area (TPSA) is 69.0 Å². The molecule has 0 aliphatic carbocycles. The quantitative estimate of drug-likeness (QED) is 0.406. The number of rotatable bonds is 10. The molecule has 0 saturated carbocycles. The molecule has 0 atom stereocenters. The molecule has 29 heavy (non-hydrogen) atoms. The summed E-state index contributed by atoms with van der Waals surface area (Å²) in [5.41, 5.74) is 3.25. The summed E-state index contributed by atoms with van der Waals surface area (Å²) in [7, 11) is 1.62. The standard InChI is InChI=1S/C22H26N4O2S/c1-17-10-12-18(13-11-17)21-24-25-22(26(21)19-7-4-3-5-8-19)29-16-6-9-20(27)23-14-15-28-2/h3-5,7-8,10-13H,6,9,14-16H2,1-2H3,(H,23,27). The number of thioether (sulfide) groups is 1. The van der Waals surface area contributed by atoms with Crippen LogP contribution in [0.5, 0.6) is 0 Å². The van der Waals surface area contributed by atoms with Gasteiger partial charge in [-0.1, -0.05) is 59.8 Å². The Morgan fingerprint density at radius 1 is 1.10 bits per heavy atom. The molecule has 152 valence electrons. The van der Waals surface area contributed by atoms with Gasteiger partial charge in [0, 0.05) is 37.1 Å². The van der Waals surface area contributed by atoms with Crippen LogP contribution in [0.4, 0.5) is 0 Å². The third-order valence-corrected chi connectivity index (χ3v) is 5.38. The number of hydrogen-bond donors (Lipinski definition) is 1. The highest BCUT2D eigenvalue weighted by Gasteiger charge is 2.16. The number of carbonyl (C=O) groups excluding carboxylic acids is 1. The predicted octanol–water partition coefficient (Wildman–Crippen LogP) is 3.88. The lowest BCUT2D eigenvalue weighted by Gasteiger charge is -2.10. The highest BCUT2D eigenvalue weighted by molar-refractivity contribution is 7.99. The molecular formula is C22H26N4O2S. The van der Waals surface area contributed by atoms with Crippen LogP contribution < -0.4 is 5.32 Å². The number of para-hydroxylation sites is 1. The van der Waals surface area contributed by atoms with E-state index in [9.17, 15) is 4.79 Å². The molecule has 2 aromatic carbocycles. The van der Waals surface area contributed by atoms with Gasteiger partial charge in [-0.05, 0) is 25.5 Å². The van der Waals surface area contributed by atoms with Gasteiger partial charge in [0.25, 0.3) is 0 Å². The molecule has 0 unspecified atom stereocenters. The minimum Gasteiger partial charge on any atom is -0.383 e. The molecule has 0 saturated heterocycles. The van der Waals surface area contributed by atoms with E-state index in [0.29, 0.717) is 19.6 Å². The number of methoxy groups -OCH3 is 1. The Morgan fingerprint density at radius 2 is 1.86 bits per heavy atom. The average Bonchev–Trinajstić information content (AvgIpc) is 3.16. The van der Waals surface area contributed by atoms with Gasteiger partial charge in [0.05, 0.1) is 6.61 Å². The van der Waals surface area contributed by atoms with Crippen LogP contribution in [0, 0.1) is 6.92 Å². The average molecular weight is 411 g/mol. The summed E-state index contributed by atoms with van der Waals surface area (Å²) in [5.74, 6) is 1.65. The van der Waals surface area contributed by atoms with E-state index in [-0.39, 0.29) is 5.91 Å². The van der Waals surface area contributed by atoms with Gasteiger partial charge in [0.1, 0.15) is 0 Å². The van der Waals surface area contributed by atoms with Crippen molar-refractivity contribution in [2.45, 2.75) is 24.9 Å². The number of amides is 1. The lowest BCUT2D eigenvalue weighted by Crippen LogP contribution is -2.26. The van der Waals surface area contributed by atoms with Crippen LogP contribution in [0.2, 0.25) is 0 Å². The zero-order chi connectivity index (χ0) is 20.5. The maximum absolute atomic E-state index is 11.8. The van der Waals surface area contributed by atoms with Gasteiger partial charge in [-0.25, -0.2) is 0 Å². The first kappa shape index (κ1) is 21.1. The molecule has 0 aliphatic heterocycles. The van der Waals surface area contributed by atoms with Crippen molar-refractivity contribution in [1.29, 1.82) is 0 Å². The molecule has 1 heterocycles. The third-order valence-electron chi connectivity index (χ3n) is 4.37. The van der Waals surface area contributed by atoms with Gasteiger partial charge in [0.15, 0.2) is 11.0 Å². The Labute approximate surface area is 175 Å². The minimum atomic E-state index is 0.0486. The van der Waals surface area contributed by atoms with E-state index in [0.717, 1.165) is 34.4 Å². The number of aryl methyl sites for hydroxylation is 1. The summed E-state index contributed by atoms with van der Waals surface area (Å²) in [4.78, 5) is 11.8. The van der Waals surface area contributed by atoms with Crippen LogP contribution in [0.3, 0.4) is 0 Å². The van der Waals surface area contributed by atoms with Crippen LogP contribution in [0.25, 0.3) is 17.1 Å².